The maximum atomic E-state index is 13.3. The second-order valence-corrected chi connectivity index (χ2v) is 7.83. The zero-order valence-electron chi connectivity index (χ0n) is 15.6. The van der Waals surface area contributed by atoms with Gasteiger partial charge in [-0.25, -0.2) is 9.37 Å². The van der Waals surface area contributed by atoms with E-state index in [-0.39, 0.29) is 17.5 Å². The number of amides is 1. The molecule has 1 amide bonds. The third kappa shape index (κ3) is 3.11. The molecule has 4 nitrogen and oxygen atoms in total. The molecular weight excluding hydrogens is 399 g/mol. The normalized spacial score (nSPS) is 12.9. The number of rotatable bonds is 3. The van der Waals surface area contributed by atoms with Crippen LogP contribution in [0.4, 0.5) is 9.52 Å². The number of hydrogen-bond acceptors (Lipinski definition) is 4. The molecule has 1 aliphatic carbocycles. The standard InChI is InChI=1S/C24H15FN2O2S/c25-15-11-9-14(10-12-15)20-13-30-24(26-20)27-23(29)21-16-5-1-3-7-18(16)22(28)19-8-4-2-6-17(19)21/h1-13,21H,(H,26,27,29). The molecular formula is C24H15FN2O2S. The van der Waals surface area contributed by atoms with Crippen LogP contribution in [-0.2, 0) is 4.79 Å². The lowest BCUT2D eigenvalue weighted by molar-refractivity contribution is -0.116. The van der Waals surface area contributed by atoms with E-state index in [1.54, 1.807) is 36.4 Å². The first-order chi connectivity index (χ1) is 14.6. The Hall–Kier alpha value is -3.64. The van der Waals surface area contributed by atoms with E-state index < -0.39 is 5.92 Å². The first-order valence-corrected chi connectivity index (χ1v) is 10.2. The highest BCUT2D eigenvalue weighted by atomic mass is 32.1. The molecule has 1 heterocycles. The Morgan fingerprint density at radius 2 is 1.50 bits per heavy atom. The average Bonchev–Trinajstić information content (AvgIpc) is 3.23. The summed E-state index contributed by atoms with van der Waals surface area (Å²) in [7, 11) is 0. The summed E-state index contributed by atoms with van der Waals surface area (Å²) in [4.78, 5) is 30.6. The number of hydrogen-bond donors (Lipinski definition) is 1. The fourth-order valence-electron chi connectivity index (χ4n) is 3.77. The molecule has 0 saturated heterocycles. The van der Waals surface area contributed by atoms with Gasteiger partial charge in [0.15, 0.2) is 10.9 Å². The Morgan fingerprint density at radius 3 is 2.13 bits per heavy atom. The van der Waals surface area contributed by atoms with E-state index in [9.17, 15) is 14.0 Å². The predicted molar refractivity (Wildman–Crippen MR) is 114 cm³/mol. The van der Waals surface area contributed by atoms with E-state index in [0.717, 1.165) is 5.56 Å². The third-order valence-corrected chi connectivity index (χ3v) is 5.93. The van der Waals surface area contributed by atoms with Crippen LogP contribution in [0.25, 0.3) is 11.3 Å². The van der Waals surface area contributed by atoms with Crippen molar-refractivity contribution in [1.82, 2.24) is 4.98 Å². The van der Waals surface area contributed by atoms with Crippen LogP contribution >= 0.6 is 11.3 Å². The summed E-state index contributed by atoms with van der Waals surface area (Å²) in [6.45, 7) is 0. The molecule has 0 atom stereocenters. The quantitative estimate of drug-likeness (QED) is 0.497. The molecule has 0 bridgehead atoms. The number of anilines is 1. The third-order valence-electron chi connectivity index (χ3n) is 5.17. The minimum Gasteiger partial charge on any atom is -0.301 e. The first kappa shape index (κ1) is 18.4. The molecule has 0 fully saturated rings. The van der Waals surface area contributed by atoms with E-state index in [0.29, 0.717) is 33.1 Å². The fraction of sp³-hybridized carbons (Fsp3) is 0.0417. The van der Waals surface area contributed by atoms with Crippen LogP contribution in [-0.4, -0.2) is 16.7 Å². The van der Waals surface area contributed by atoms with Gasteiger partial charge in [-0.2, -0.15) is 0 Å². The first-order valence-electron chi connectivity index (χ1n) is 9.37. The lowest BCUT2D eigenvalue weighted by atomic mass is 9.77. The number of nitrogens with one attached hydrogen (secondary N) is 1. The number of carbonyl (C=O) groups excluding carboxylic acids is 2. The van der Waals surface area contributed by atoms with Crippen molar-refractivity contribution in [3.8, 4) is 11.3 Å². The maximum absolute atomic E-state index is 13.3. The van der Waals surface area contributed by atoms with E-state index in [4.69, 9.17) is 0 Å². The number of halogens is 1. The molecule has 0 radical (unpaired) electrons. The number of thiazole rings is 1. The van der Waals surface area contributed by atoms with Crippen LogP contribution in [0.2, 0.25) is 0 Å². The molecule has 1 aliphatic rings. The van der Waals surface area contributed by atoms with Gasteiger partial charge in [0.1, 0.15) is 5.82 Å². The van der Waals surface area contributed by atoms with Gasteiger partial charge < -0.3 is 5.32 Å². The van der Waals surface area contributed by atoms with Gasteiger partial charge in [0.2, 0.25) is 5.91 Å². The minimum absolute atomic E-state index is 0.0712. The molecule has 1 N–H and O–H groups in total. The van der Waals surface area contributed by atoms with Gasteiger partial charge in [0.05, 0.1) is 11.6 Å². The van der Waals surface area contributed by atoms with Crippen molar-refractivity contribution in [2.24, 2.45) is 0 Å². The molecule has 0 saturated carbocycles. The number of benzene rings is 3. The van der Waals surface area contributed by atoms with Crippen molar-refractivity contribution in [3.05, 3.63) is 106 Å². The van der Waals surface area contributed by atoms with Crippen molar-refractivity contribution in [2.45, 2.75) is 5.92 Å². The number of ketones is 1. The van der Waals surface area contributed by atoms with Crippen LogP contribution in [0.1, 0.15) is 33.0 Å². The Balaban J connectivity index is 1.48. The molecule has 0 aliphatic heterocycles. The fourth-order valence-corrected chi connectivity index (χ4v) is 4.49. The molecule has 3 aromatic carbocycles. The zero-order valence-corrected chi connectivity index (χ0v) is 16.4. The lowest BCUT2D eigenvalue weighted by Gasteiger charge is -2.26. The van der Waals surface area contributed by atoms with Crippen molar-refractivity contribution < 1.29 is 14.0 Å². The highest BCUT2D eigenvalue weighted by Gasteiger charge is 2.35. The minimum atomic E-state index is -0.603. The summed E-state index contributed by atoms with van der Waals surface area (Å²) < 4.78 is 13.2. The Labute approximate surface area is 176 Å². The number of nitrogens with zero attached hydrogens (tertiary/aromatic N) is 1. The summed E-state index contributed by atoms with van der Waals surface area (Å²) >= 11 is 1.30. The van der Waals surface area contributed by atoms with Crippen LogP contribution in [0.15, 0.2) is 78.2 Å². The molecule has 1 aromatic heterocycles. The zero-order chi connectivity index (χ0) is 20.7. The molecule has 146 valence electrons. The van der Waals surface area contributed by atoms with Crippen molar-refractivity contribution in [2.75, 3.05) is 5.32 Å². The van der Waals surface area contributed by atoms with Crippen molar-refractivity contribution in [3.63, 3.8) is 0 Å². The highest BCUT2D eigenvalue weighted by Crippen LogP contribution is 2.37. The lowest BCUT2D eigenvalue weighted by Crippen LogP contribution is -2.29. The number of fused-ring (bicyclic) bond motifs is 2. The summed E-state index contributed by atoms with van der Waals surface area (Å²) in [5.41, 5.74) is 3.90. The van der Waals surface area contributed by atoms with Crippen LogP contribution in [0, 0.1) is 5.82 Å². The van der Waals surface area contributed by atoms with E-state index in [2.05, 4.69) is 10.3 Å². The molecule has 5 rings (SSSR count). The molecule has 0 spiro atoms. The van der Waals surface area contributed by atoms with Crippen LogP contribution < -0.4 is 5.32 Å². The van der Waals surface area contributed by atoms with Gasteiger partial charge in [-0.1, -0.05) is 48.5 Å². The van der Waals surface area contributed by atoms with E-state index >= 15 is 0 Å². The summed E-state index contributed by atoms with van der Waals surface area (Å²) in [5.74, 6) is -1.24. The Bertz CT molecular complexity index is 1230. The van der Waals surface area contributed by atoms with Gasteiger partial charge in [-0.15, -0.1) is 11.3 Å². The Morgan fingerprint density at radius 1 is 0.900 bits per heavy atom. The highest BCUT2D eigenvalue weighted by molar-refractivity contribution is 7.14. The topological polar surface area (TPSA) is 59.1 Å². The average molecular weight is 414 g/mol. The predicted octanol–water partition coefficient (Wildman–Crippen LogP) is 5.26. The van der Waals surface area contributed by atoms with Gasteiger partial charge in [0, 0.05) is 22.1 Å². The summed E-state index contributed by atoms with van der Waals surface area (Å²) in [6.07, 6.45) is 0. The number of carbonyl (C=O) groups is 2. The molecule has 6 heteroatoms. The van der Waals surface area contributed by atoms with Crippen molar-refractivity contribution in [1.29, 1.82) is 0 Å². The Kier molecular flexibility index (Phi) is 4.48. The SMILES string of the molecule is O=C1c2ccccc2C(C(=O)Nc2nc(-c3ccc(F)cc3)cs2)c2ccccc21. The largest absolute Gasteiger partial charge is 0.301 e. The maximum Gasteiger partial charge on any atom is 0.238 e. The second kappa shape index (κ2) is 7.31. The molecule has 4 aromatic rings. The van der Waals surface area contributed by atoms with Gasteiger partial charge in [-0.3, -0.25) is 9.59 Å². The monoisotopic (exact) mass is 414 g/mol. The second-order valence-electron chi connectivity index (χ2n) is 6.97. The summed E-state index contributed by atoms with van der Waals surface area (Å²) in [5, 5.41) is 5.16. The molecule has 30 heavy (non-hydrogen) atoms. The smallest absolute Gasteiger partial charge is 0.238 e. The van der Waals surface area contributed by atoms with Crippen molar-refractivity contribution >= 4 is 28.2 Å². The van der Waals surface area contributed by atoms with Gasteiger partial charge in [-0.05, 0) is 35.4 Å². The van der Waals surface area contributed by atoms with E-state index in [1.165, 1.54) is 23.5 Å². The number of aromatic nitrogens is 1. The van der Waals surface area contributed by atoms with Crippen LogP contribution in [0.3, 0.4) is 0 Å². The van der Waals surface area contributed by atoms with Crippen LogP contribution in [0.5, 0.6) is 0 Å². The molecule has 0 unspecified atom stereocenters. The van der Waals surface area contributed by atoms with Gasteiger partial charge in [0.25, 0.3) is 0 Å². The summed E-state index contributed by atoms with van der Waals surface area (Å²) in [6, 6.07) is 20.5. The van der Waals surface area contributed by atoms with E-state index in [1.807, 2.05) is 29.6 Å². The van der Waals surface area contributed by atoms with Gasteiger partial charge >= 0.3 is 0 Å².